The van der Waals surface area contributed by atoms with Gasteiger partial charge in [0, 0.05) is 5.56 Å². The summed E-state index contributed by atoms with van der Waals surface area (Å²) in [7, 11) is 0. The third kappa shape index (κ3) is 3.70. The summed E-state index contributed by atoms with van der Waals surface area (Å²) < 4.78 is 55.2. The molecule has 0 saturated carbocycles. The van der Waals surface area contributed by atoms with Crippen LogP contribution in [-0.2, 0) is 6.42 Å². The standard InChI is InChI=1S/C18H11F4NS/c1-2-3-11-4-6-12(7-5-11)8-9-13-14(19)16(21)18(23-10-24)17(22)15(13)20/h4-7H,2-3H2,1H3. The van der Waals surface area contributed by atoms with Gasteiger partial charge >= 0.3 is 0 Å². The molecule has 0 heterocycles. The quantitative estimate of drug-likeness (QED) is 0.240. The van der Waals surface area contributed by atoms with Crippen LogP contribution in [0.2, 0.25) is 0 Å². The molecule has 0 aliphatic heterocycles. The summed E-state index contributed by atoms with van der Waals surface area (Å²) in [6, 6.07) is 7.01. The van der Waals surface area contributed by atoms with Gasteiger partial charge in [-0.3, -0.25) is 0 Å². The molecule has 0 N–H and O–H groups in total. The van der Waals surface area contributed by atoms with E-state index >= 15 is 0 Å². The van der Waals surface area contributed by atoms with Crippen LogP contribution in [-0.4, -0.2) is 5.16 Å². The summed E-state index contributed by atoms with van der Waals surface area (Å²) in [4.78, 5) is 3.00. The second-order valence-corrected chi connectivity index (χ2v) is 5.06. The lowest BCUT2D eigenvalue weighted by Crippen LogP contribution is -2.00. The largest absolute Gasteiger partial charge is 0.202 e. The van der Waals surface area contributed by atoms with Crippen molar-refractivity contribution in [3.8, 4) is 11.8 Å². The van der Waals surface area contributed by atoms with Gasteiger partial charge in [-0.15, -0.1) is 0 Å². The highest BCUT2D eigenvalue weighted by atomic mass is 32.1. The van der Waals surface area contributed by atoms with Crippen molar-refractivity contribution in [2.24, 2.45) is 4.99 Å². The van der Waals surface area contributed by atoms with Crippen molar-refractivity contribution in [1.29, 1.82) is 0 Å². The third-order valence-electron chi connectivity index (χ3n) is 3.22. The highest BCUT2D eigenvalue weighted by Gasteiger charge is 2.24. The van der Waals surface area contributed by atoms with E-state index < -0.39 is 34.5 Å². The number of halogens is 4. The molecule has 0 aliphatic rings. The molecule has 0 saturated heterocycles. The first-order valence-electron chi connectivity index (χ1n) is 7.04. The van der Waals surface area contributed by atoms with Crippen molar-refractivity contribution >= 4 is 23.1 Å². The molecule has 0 unspecified atom stereocenters. The van der Waals surface area contributed by atoms with Crippen LogP contribution in [0.1, 0.15) is 30.0 Å². The highest BCUT2D eigenvalue weighted by molar-refractivity contribution is 7.78. The number of isothiocyanates is 1. The zero-order valence-electron chi connectivity index (χ0n) is 12.6. The Morgan fingerprint density at radius 3 is 2.00 bits per heavy atom. The average Bonchev–Trinajstić information content (AvgIpc) is 2.58. The maximum atomic E-state index is 13.9. The van der Waals surface area contributed by atoms with Gasteiger partial charge in [-0.1, -0.05) is 37.3 Å². The Labute approximate surface area is 142 Å². The summed E-state index contributed by atoms with van der Waals surface area (Å²) in [6.07, 6.45) is 1.88. The minimum absolute atomic E-state index is 0.468. The number of hydrogen-bond acceptors (Lipinski definition) is 2. The van der Waals surface area contributed by atoms with Gasteiger partial charge in [-0.05, 0) is 36.3 Å². The number of aliphatic imine (C=N–C) groups is 1. The Balaban J connectivity index is 2.46. The van der Waals surface area contributed by atoms with E-state index in [1.807, 2.05) is 19.1 Å². The molecule has 0 bridgehead atoms. The lowest BCUT2D eigenvalue weighted by molar-refractivity contribution is 0.454. The van der Waals surface area contributed by atoms with Crippen LogP contribution in [0.4, 0.5) is 23.2 Å². The average molecular weight is 349 g/mol. The van der Waals surface area contributed by atoms with Gasteiger partial charge in [0.05, 0.1) is 5.16 Å². The van der Waals surface area contributed by atoms with Gasteiger partial charge in [0.15, 0.2) is 29.0 Å². The number of rotatable bonds is 3. The fraction of sp³-hybridized carbons (Fsp3) is 0.167. The molecular formula is C18H11F4NS. The monoisotopic (exact) mass is 349 g/mol. The molecule has 2 aromatic rings. The van der Waals surface area contributed by atoms with Crippen molar-refractivity contribution in [3.05, 3.63) is 64.2 Å². The Kier molecular flexibility index (Phi) is 5.86. The predicted molar refractivity (Wildman–Crippen MR) is 87.4 cm³/mol. The van der Waals surface area contributed by atoms with Crippen LogP contribution in [0.25, 0.3) is 0 Å². The molecular weight excluding hydrogens is 338 g/mol. The Bertz CT molecular complexity index is 844. The second-order valence-electron chi connectivity index (χ2n) is 4.88. The minimum Gasteiger partial charge on any atom is -0.202 e. The van der Waals surface area contributed by atoms with Crippen LogP contribution in [0.5, 0.6) is 0 Å². The molecule has 0 aliphatic carbocycles. The number of thiocarbonyl (C=S) groups is 1. The van der Waals surface area contributed by atoms with Crippen LogP contribution >= 0.6 is 12.2 Å². The van der Waals surface area contributed by atoms with Gasteiger partial charge < -0.3 is 0 Å². The molecule has 6 heteroatoms. The maximum Gasteiger partial charge on any atom is 0.189 e. The number of hydrogen-bond donors (Lipinski definition) is 0. The molecule has 0 aromatic heterocycles. The van der Waals surface area contributed by atoms with Crippen LogP contribution in [0, 0.1) is 35.1 Å². The van der Waals surface area contributed by atoms with Crippen molar-refractivity contribution in [3.63, 3.8) is 0 Å². The number of aryl methyl sites for hydroxylation is 1. The molecule has 1 nitrogen and oxygen atoms in total. The topological polar surface area (TPSA) is 12.4 Å². The van der Waals surface area contributed by atoms with Gasteiger partial charge in [-0.25, -0.2) is 17.6 Å². The van der Waals surface area contributed by atoms with Crippen LogP contribution < -0.4 is 0 Å². The fourth-order valence-corrected chi connectivity index (χ4v) is 2.14. The number of nitrogens with zero attached hydrogens (tertiary/aromatic N) is 1. The van der Waals surface area contributed by atoms with Crippen molar-refractivity contribution < 1.29 is 17.6 Å². The summed E-state index contributed by atoms with van der Waals surface area (Å²) in [5, 5.41) is 1.67. The van der Waals surface area contributed by atoms with E-state index in [0.29, 0.717) is 5.56 Å². The Morgan fingerprint density at radius 1 is 0.917 bits per heavy atom. The molecule has 0 amide bonds. The van der Waals surface area contributed by atoms with E-state index in [2.05, 4.69) is 29.1 Å². The van der Waals surface area contributed by atoms with E-state index in [1.54, 1.807) is 17.3 Å². The maximum absolute atomic E-state index is 13.9. The second kappa shape index (κ2) is 7.87. The Hall–Kier alpha value is -2.48. The van der Waals surface area contributed by atoms with Gasteiger partial charge in [0.25, 0.3) is 0 Å². The van der Waals surface area contributed by atoms with Crippen molar-refractivity contribution in [1.82, 2.24) is 0 Å². The first-order chi connectivity index (χ1) is 11.5. The van der Waals surface area contributed by atoms with E-state index in [-0.39, 0.29) is 0 Å². The van der Waals surface area contributed by atoms with Crippen molar-refractivity contribution in [2.75, 3.05) is 0 Å². The Morgan fingerprint density at radius 2 is 1.50 bits per heavy atom. The third-order valence-corrected chi connectivity index (χ3v) is 3.31. The van der Waals surface area contributed by atoms with E-state index in [0.717, 1.165) is 18.4 Å². The molecule has 0 atom stereocenters. The molecule has 0 fully saturated rings. The summed E-state index contributed by atoms with van der Waals surface area (Å²) in [5.74, 6) is -1.93. The lowest BCUT2D eigenvalue weighted by Gasteiger charge is -2.04. The lowest BCUT2D eigenvalue weighted by atomic mass is 10.1. The smallest absolute Gasteiger partial charge is 0.189 e. The first-order valence-corrected chi connectivity index (χ1v) is 7.45. The fourth-order valence-electron chi connectivity index (χ4n) is 2.05. The van der Waals surface area contributed by atoms with E-state index in [9.17, 15) is 17.6 Å². The normalized spacial score (nSPS) is 9.88. The first kappa shape index (κ1) is 17.9. The number of benzene rings is 2. The molecule has 0 spiro atoms. The van der Waals surface area contributed by atoms with Gasteiger partial charge in [-0.2, -0.15) is 4.99 Å². The molecule has 0 radical (unpaired) electrons. The molecule has 122 valence electrons. The summed E-state index contributed by atoms with van der Waals surface area (Å²) >= 11 is 4.19. The minimum atomic E-state index is -1.66. The molecule has 24 heavy (non-hydrogen) atoms. The zero-order valence-corrected chi connectivity index (χ0v) is 13.4. The SMILES string of the molecule is CCCc1ccc(C#Cc2c(F)c(F)c(N=C=S)c(F)c2F)cc1. The molecule has 2 rings (SSSR count). The summed E-state index contributed by atoms with van der Waals surface area (Å²) in [5.41, 5.74) is -0.587. The summed E-state index contributed by atoms with van der Waals surface area (Å²) in [6.45, 7) is 2.04. The van der Waals surface area contributed by atoms with E-state index in [1.165, 1.54) is 0 Å². The zero-order chi connectivity index (χ0) is 17.7. The van der Waals surface area contributed by atoms with Crippen LogP contribution in [0.15, 0.2) is 29.3 Å². The highest BCUT2D eigenvalue weighted by Crippen LogP contribution is 2.29. The van der Waals surface area contributed by atoms with Crippen molar-refractivity contribution in [2.45, 2.75) is 19.8 Å². The van der Waals surface area contributed by atoms with Gasteiger partial charge in [0.2, 0.25) is 0 Å². The molecule has 2 aromatic carbocycles. The predicted octanol–water partition coefficient (Wildman–Crippen LogP) is 5.33. The van der Waals surface area contributed by atoms with Crippen LogP contribution in [0.3, 0.4) is 0 Å². The van der Waals surface area contributed by atoms with E-state index in [4.69, 9.17) is 0 Å². The van der Waals surface area contributed by atoms with Gasteiger partial charge in [0.1, 0.15) is 5.56 Å².